The minimum Gasteiger partial charge on any atom is -0.371 e. The van der Waals surface area contributed by atoms with Crippen molar-refractivity contribution >= 4 is 27.1 Å². The summed E-state index contributed by atoms with van der Waals surface area (Å²) in [4.78, 5) is 28.2. The van der Waals surface area contributed by atoms with E-state index in [2.05, 4.69) is 15.6 Å². The molecule has 33 heavy (non-hydrogen) atoms. The number of hydrogen-bond acceptors (Lipinski definition) is 7. The Balaban J connectivity index is 1.76. The Bertz CT molecular complexity index is 1260. The standard InChI is InChI=1S/C23H24N4O5S/c1-15(17-7-10-19(11-8-17)33(3,31)32)26-23(28)18-9-12-21(22(14-18)27(29)30)25-16(2)20-6-4-5-13-24-20/h4-16,25H,1-3H3,(H,26,28). The third kappa shape index (κ3) is 5.92. The number of hydrogen-bond donors (Lipinski definition) is 2. The molecule has 0 aliphatic heterocycles. The maximum Gasteiger partial charge on any atom is 0.293 e. The number of aromatic nitrogens is 1. The van der Waals surface area contributed by atoms with Crippen molar-refractivity contribution in [1.82, 2.24) is 10.3 Å². The molecule has 0 fully saturated rings. The highest BCUT2D eigenvalue weighted by Crippen LogP contribution is 2.29. The van der Waals surface area contributed by atoms with Gasteiger partial charge in [0.25, 0.3) is 11.6 Å². The lowest BCUT2D eigenvalue weighted by molar-refractivity contribution is -0.384. The number of pyridine rings is 1. The Morgan fingerprint density at radius 2 is 1.73 bits per heavy atom. The van der Waals surface area contributed by atoms with Crippen LogP contribution in [0.1, 0.15) is 47.5 Å². The summed E-state index contributed by atoms with van der Waals surface area (Å²) in [6.45, 7) is 3.58. The number of nitro benzene ring substituents is 1. The van der Waals surface area contributed by atoms with E-state index < -0.39 is 26.7 Å². The van der Waals surface area contributed by atoms with Gasteiger partial charge in [-0.2, -0.15) is 0 Å². The van der Waals surface area contributed by atoms with Crippen LogP contribution in [0.5, 0.6) is 0 Å². The summed E-state index contributed by atoms with van der Waals surface area (Å²) >= 11 is 0. The van der Waals surface area contributed by atoms with Gasteiger partial charge >= 0.3 is 0 Å². The molecular formula is C23H24N4O5S. The first-order valence-corrected chi connectivity index (χ1v) is 12.0. The van der Waals surface area contributed by atoms with Crippen LogP contribution in [0.3, 0.4) is 0 Å². The molecule has 0 aliphatic carbocycles. The number of benzene rings is 2. The second-order valence-corrected chi connectivity index (χ2v) is 9.66. The molecule has 172 valence electrons. The average molecular weight is 469 g/mol. The maximum atomic E-state index is 12.7. The smallest absolute Gasteiger partial charge is 0.293 e. The summed E-state index contributed by atoms with van der Waals surface area (Å²) in [5.74, 6) is -0.484. The quantitative estimate of drug-likeness (QED) is 0.376. The van der Waals surface area contributed by atoms with E-state index in [0.29, 0.717) is 5.56 Å². The fraction of sp³-hybridized carbons (Fsp3) is 0.217. The van der Waals surface area contributed by atoms with Crippen LogP contribution < -0.4 is 10.6 Å². The normalized spacial score (nSPS) is 13.1. The number of sulfone groups is 1. The Morgan fingerprint density at radius 3 is 2.30 bits per heavy atom. The van der Waals surface area contributed by atoms with Gasteiger partial charge in [-0.3, -0.25) is 19.9 Å². The highest BCUT2D eigenvalue weighted by Gasteiger charge is 2.21. The Hall–Kier alpha value is -3.79. The van der Waals surface area contributed by atoms with Crippen LogP contribution in [0.15, 0.2) is 71.8 Å². The third-order valence-corrected chi connectivity index (χ3v) is 6.24. The molecule has 2 unspecified atom stereocenters. The van der Waals surface area contributed by atoms with E-state index >= 15 is 0 Å². The molecule has 2 atom stereocenters. The summed E-state index contributed by atoms with van der Waals surface area (Å²) in [6.07, 6.45) is 2.76. The van der Waals surface area contributed by atoms with Crippen molar-refractivity contribution in [2.45, 2.75) is 30.8 Å². The lowest BCUT2D eigenvalue weighted by Gasteiger charge is -2.17. The number of nitrogens with one attached hydrogen (secondary N) is 2. The van der Waals surface area contributed by atoms with Gasteiger partial charge in [-0.05, 0) is 55.8 Å². The molecule has 1 amide bonds. The average Bonchev–Trinajstić information content (AvgIpc) is 2.79. The number of nitro groups is 1. The molecule has 0 spiro atoms. The summed E-state index contributed by atoms with van der Waals surface area (Å²) in [7, 11) is -3.32. The number of rotatable bonds is 8. The van der Waals surface area contributed by atoms with Crippen LogP contribution in [0.2, 0.25) is 0 Å². The predicted octanol–water partition coefficient (Wildman–Crippen LogP) is 4.06. The minimum absolute atomic E-state index is 0.136. The van der Waals surface area contributed by atoms with Crippen LogP contribution in [0, 0.1) is 10.1 Å². The van der Waals surface area contributed by atoms with E-state index in [-0.39, 0.29) is 27.9 Å². The lowest BCUT2D eigenvalue weighted by Crippen LogP contribution is -2.26. The van der Waals surface area contributed by atoms with Gasteiger partial charge in [-0.15, -0.1) is 0 Å². The second-order valence-electron chi connectivity index (χ2n) is 7.65. The van der Waals surface area contributed by atoms with Crippen LogP contribution >= 0.6 is 0 Å². The number of amides is 1. The van der Waals surface area contributed by atoms with Gasteiger partial charge in [0.15, 0.2) is 9.84 Å². The van der Waals surface area contributed by atoms with Crippen molar-refractivity contribution < 1.29 is 18.1 Å². The van der Waals surface area contributed by atoms with Crippen molar-refractivity contribution in [1.29, 1.82) is 0 Å². The van der Waals surface area contributed by atoms with E-state index in [4.69, 9.17) is 0 Å². The Labute approximate surface area is 191 Å². The van der Waals surface area contributed by atoms with Crippen LogP contribution in [-0.4, -0.2) is 30.5 Å². The van der Waals surface area contributed by atoms with E-state index in [1.807, 2.05) is 19.1 Å². The van der Waals surface area contributed by atoms with Gasteiger partial charge in [-0.25, -0.2) is 8.42 Å². The van der Waals surface area contributed by atoms with Crippen molar-refractivity contribution in [2.24, 2.45) is 0 Å². The van der Waals surface area contributed by atoms with Gasteiger partial charge in [0, 0.05) is 24.1 Å². The second kappa shape index (κ2) is 9.78. The SMILES string of the molecule is CC(NC(=O)c1ccc(NC(C)c2ccccn2)c([N+](=O)[O-])c1)c1ccc(S(C)(=O)=O)cc1. The van der Waals surface area contributed by atoms with Crippen molar-refractivity contribution in [2.75, 3.05) is 11.6 Å². The van der Waals surface area contributed by atoms with Gasteiger partial charge < -0.3 is 10.6 Å². The zero-order valence-corrected chi connectivity index (χ0v) is 19.2. The maximum absolute atomic E-state index is 12.7. The molecule has 9 nitrogen and oxygen atoms in total. The molecule has 0 saturated heterocycles. The molecular weight excluding hydrogens is 444 g/mol. The lowest BCUT2D eigenvalue weighted by atomic mass is 10.1. The van der Waals surface area contributed by atoms with Gasteiger partial charge in [0.05, 0.1) is 27.6 Å². The van der Waals surface area contributed by atoms with Gasteiger partial charge in [-0.1, -0.05) is 18.2 Å². The first-order valence-electron chi connectivity index (χ1n) is 10.1. The predicted molar refractivity (Wildman–Crippen MR) is 125 cm³/mol. The molecule has 0 saturated carbocycles. The third-order valence-electron chi connectivity index (χ3n) is 5.12. The van der Waals surface area contributed by atoms with Crippen LogP contribution in [-0.2, 0) is 9.84 Å². The Kier molecular flexibility index (Phi) is 7.07. The largest absolute Gasteiger partial charge is 0.371 e. The first kappa shape index (κ1) is 23.9. The zero-order chi connectivity index (χ0) is 24.2. The highest BCUT2D eigenvalue weighted by atomic mass is 32.2. The Morgan fingerprint density at radius 1 is 1.03 bits per heavy atom. The number of anilines is 1. The van der Waals surface area contributed by atoms with E-state index in [0.717, 1.165) is 11.9 Å². The van der Waals surface area contributed by atoms with E-state index in [9.17, 15) is 23.3 Å². The van der Waals surface area contributed by atoms with Crippen molar-refractivity contribution in [3.63, 3.8) is 0 Å². The monoisotopic (exact) mass is 468 g/mol. The van der Waals surface area contributed by atoms with Crippen molar-refractivity contribution in [3.05, 3.63) is 93.8 Å². The fourth-order valence-electron chi connectivity index (χ4n) is 3.25. The molecule has 0 radical (unpaired) electrons. The summed E-state index contributed by atoms with van der Waals surface area (Å²) in [6, 6.07) is 15.1. The fourth-order valence-corrected chi connectivity index (χ4v) is 3.88. The van der Waals surface area contributed by atoms with Crippen LogP contribution in [0.25, 0.3) is 0 Å². The number of carbonyl (C=O) groups is 1. The molecule has 1 aromatic heterocycles. The number of carbonyl (C=O) groups excluding carboxylic acids is 1. The van der Waals surface area contributed by atoms with Crippen molar-refractivity contribution in [3.8, 4) is 0 Å². The number of nitrogens with zero attached hydrogens (tertiary/aromatic N) is 2. The minimum atomic E-state index is -3.32. The molecule has 2 N–H and O–H groups in total. The molecule has 3 aromatic rings. The summed E-state index contributed by atoms with van der Waals surface area (Å²) < 4.78 is 23.2. The summed E-state index contributed by atoms with van der Waals surface area (Å²) in [5, 5.41) is 17.5. The molecule has 1 heterocycles. The molecule has 10 heteroatoms. The van der Waals surface area contributed by atoms with Crippen LogP contribution in [0.4, 0.5) is 11.4 Å². The molecule has 3 rings (SSSR count). The van der Waals surface area contributed by atoms with Gasteiger partial charge in [0.1, 0.15) is 5.69 Å². The van der Waals surface area contributed by atoms with Gasteiger partial charge in [0.2, 0.25) is 0 Å². The summed E-state index contributed by atoms with van der Waals surface area (Å²) in [5.41, 5.74) is 1.61. The van der Waals surface area contributed by atoms with E-state index in [1.165, 1.54) is 30.3 Å². The molecule has 0 aliphatic rings. The van der Waals surface area contributed by atoms with E-state index in [1.54, 1.807) is 31.3 Å². The topological polar surface area (TPSA) is 131 Å². The highest BCUT2D eigenvalue weighted by molar-refractivity contribution is 7.90. The first-order chi connectivity index (χ1) is 15.6. The zero-order valence-electron chi connectivity index (χ0n) is 18.3. The molecule has 0 bridgehead atoms. The molecule has 2 aromatic carbocycles.